The lowest BCUT2D eigenvalue weighted by Gasteiger charge is -2.36. The summed E-state index contributed by atoms with van der Waals surface area (Å²) in [5, 5.41) is 3.09. The SMILES string of the molecule is C=CC[C@H](C(=O)NC(C)(C)C)C(C)(CC)CC.CC. The molecule has 0 bridgehead atoms. The Balaban J connectivity index is 0. The molecule has 0 heterocycles. The van der Waals surface area contributed by atoms with Gasteiger partial charge in [0.1, 0.15) is 0 Å². The Hall–Kier alpha value is -0.790. The second-order valence-electron chi connectivity index (χ2n) is 6.18. The van der Waals surface area contributed by atoms with Crippen molar-refractivity contribution in [3.63, 3.8) is 0 Å². The minimum Gasteiger partial charge on any atom is -0.351 e. The van der Waals surface area contributed by atoms with Crippen molar-refractivity contribution < 1.29 is 4.79 Å². The lowest BCUT2D eigenvalue weighted by atomic mass is 9.71. The van der Waals surface area contributed by atoms with Crippen LogP contribution < -0.4 is 5.32 Å². The van der Waals surface area contributed by atoms with Crippen LogP contribution in [0, 0.1) is 11.3 Å². The average molecular weight is 269 g/mol. The van der Waals surface area contributed by atoms with Crippen LogP contribution in [0.1, 0.15) is 74.7 Å². The largest absolute Gasteiger partial charge is 0.351 e. The van der Waals surface area contributed by atoms with Gasteiger partial charge in [0.25, 0.3) is 0 Å². The molecule has 2 heteroatoms. The molecule has 0 aromatic rings. The molecule has 0 aliphatic rings. The van der Waals surface area contributed by atoms with Gasteiger partial charge < -0.3 is 5.32 Å². The summed E-state index contributed by atoms with van der Waals surface area (Å²) in [7, 11) is 0. The second kappa shape index (κ2) is 9.17. The summed E-state index contributed by atoms with van der Waals surface area (Å²) in [5.41, 5.74) is -0.109. The Morgan fingerprint density at radius 2 is 1.58 bits per heavy atom. The third-order valence-corrected chi connectivity index (χ3v) is 3.67. The van der Waals surface area contributed by atoms with Gasteiger partial charge in [0.15, 0.2) is 0 Å². The molecular formula is C17H35NO. The van der Waals surface area contributed by atoms with E-state index >= 15 is 0 Å². The molecule has 1 N–H and O–H groups in total. The molecule has 0 unspecified atom stereocenters. The average Bonchev–Trinajstić information content (AvgIpc) is 2.35. The monoisotopic (exact) mass is 269 g/mol. The number of nitrogens with one attached hydrogen (secondary N) is 1. The van der Waals surface area contributed by atoms with E-state index in [9.17, 15) is 4.79 Å². The molecule has 0 aromatic heterocycles. The Labute approximate surface area is 121 Å². The molecule has 0 aliphatic heterocycles. The van der Waals surface area contributed by atoms with Crippen LogP contribution in [0.5, 0.6) is 0 Å². The van der Waals surface area contributed by atoms with Crippen LogP contribution in [0.2, 0.25) is 0 Å². The number of carbonyl (C=O) groups is 1. The molecule has 1 atom stereocenters. The van der Waals surface area contributed by atoms with Crippen LogP contribution in [0.4, 0.5) is 0 Å². The maximum absolute atomic E-state index is 12.4. The van der Waals surface area contributed by atoms with Crippen LogP contribution in [0.15, 0.2) is 12.7 Å². The van der Waals surface area contributed by atoms with Crippen molar-refractivity contribution in [1.29, 1.82) is 0 Å². The molecule has 0 rings (SSSR count). The Morgan fingerprint density at radius 1 is 1.16 bits per heavy atom. The van der Waals surface area contributed by atoms with E-state index < -0.39 is 0 Å². The van der Waals surface area contributed by atoms with Gasteiger partial charge >= 0.3 is 0 Å². The van der Waals surface area contributed by atoms with Crippen molar-refractivity contribution in [2.45, 2.75) is 80.2 Å². The van der Waals surface area contributed by atoms with Crippen molar-refractivity contribution in [3.05, 3.63) is 12.7 Å². The number of carbonyl (C=O) groups excluding carboxylic acids is 1. The van der Waals surface area contributed by atoms with E-state index in [2.05, 4.69) is 32.7 Å². The molecule has 114 valence electrons. The highest BCUT2D eigenvalue weighted by atomic mass is 16.2. The normalized spacial score (nSPS) is 13.1. The van der Waals surface area contributed by atoms with E-state index in [0.717, 1.165) is 19.3 Å². The molecule has 0 spiro atoms. The fourth-order valence-electron chi connectivity index (χ4n) is 2.07. The van der Waals surface area contributed by atoms with Crippen LogP contribution >= 0.6 is 0 Å². The Bertz CT molecular complexity index is 259. The van der Waals surface area contributed by atoms with Gasteiger partial charge in [0, 0.05) is 11.5 Å². The summed E-state index contributed by atoms with van der Waals surface area (Å²) in [6.45, 7) is 20.3. The third-order valence-electron chi connectivity index (χ3n) is 3.67. The molecule has 1 amide bonds. The van der Waals surface area contributed by atoms with E-state index in [0.29, 0.717) is 0 Å². The highest BCUT2D eigenvalue weighted by molar-refractivity contribution is 5.80. The first-order valence-electron chi connectivity index (χ1n) is 7.63. The zero-order chi connectivity index (χ0) is 15.7. The number of allylic oxidation sites excluding steroid dienone is 1. The zero-order valence-corrected chi connectivity index (χ0v) is 14.4. The van der Waals surface area contributed by atoms with Crippen molar-refractivity contribution in [2.75, 3.05) is 0 Å². The first-order chi connectivity index (χ1) is 8.70. The first-order valence-corrected chi connectivity index (χ1v) is 7.63. The molecule has 0 radical (unpaired) electrons. The number of rotatable bonds is 6. The Morgan fingerprint density at radius 3 is 1.84 bits per heavy atom. The van der Waals surface area contributed by atoms with Crippen molar-refractivity contribution in [2.24, 2.45) is 11.3 Å². The predicted octanol–water partition coefficient (Wildman–Crippen LogP) is 4.95. The van der Waals surface area contributed by atoms with Gasteiger partial charge in [-0.2, -0.15) is 0 Å². The minimum absolute atomic E-state index is 0.0224. The van der Waals surface area contributed by atoms with E-state index in [4.69, 9.17) is 0 Å². The van der Waals surface area contributed by atoms with E-state index in [1.807, 2.05) is 40.7 Å². The lowest BCUT2D eigenvalue weighted by molar-refractivity contribution is -0.130. The summed E-state index contributed by atoms with van der Waals surface area (Å²) in [5.74, 6) is 0.179. The van der Waals surface area contributed by atoms with Crippen molar-refractivity contribution >= 4 is 5.91 Å². The van der Waals surface area contributed by atoms with Gasteiger partial charge in [0.05, 0.1) is 0 Å². The molecule has 2 nitrogen and oxygen atoms in total. The maximum atomic E-state index is 12.4. The van der Waals surface area contributed by atoms with Gasteiger partial charge in [-0.25, -0.2) is 0 Å². The van der Waals surface area contributed by atoms with Crippen LogP contribution in [-0.2, 0) is 4.79 Å². The topological polar surface area (TPSA) is 29.1 Å². The fourth-order valence-corrected chi connectivity index (χ4v) is 2.07. The highest BCUT2D eigenvalue weighted by Gasteiger charge is 2.36. The first kappa shape index (κ1) is 20.5. The fraction of sp³-hybridized carbons (Fsp3) is 0.824. The molecule has 19 heavy (non-hydrogen) atoms. The molecular weight excluding hydrogens is 234 g/mol. The summed E-state index contributed by atoms with van der Waals surface area (Å²) < 4.78 is 0. The minimum atomic E-state index is -0.168. The molecule has 0 saturated heterocycles. The van der Waals surface area contributed by atoms with Crippen LogP contribution in [0.25, 0.3) is 0 Å². The van der Waals surface area contributed by atoms with Crippen LogP contribution in [0.3, 0.4) is 0 Å². The summed E-state index contributed by atoms with van der Waals surface area (Å²) in [4.78, 5) is 12.4. The van der Waals surface area contributed by atoms with Gasteiger partial charge in [0.2, 0.25) is 5.91 Å². The van der Waals surface area contributed by atoms with Crippen molar-refractivity contribution in [3.8, 4) is 0 Å². The quantitative estimate of drug-likeness (QED) is 0.679. The van der Waals surface area contributed by atoms with E-state index in [1.165, 1.54) is 0 Å². The number of amides is 1. The number of hydrogen-bond donors (Lipinski definition) is 1. The van der Waals surface area contributed by atoms with Gasteiger partial charge in [-0.3, -0.25) is 4.79 Å². The molecule has 0 aromatic carbocycles. The molecule has 0 saturated carbocycles. The van der Waals surface area contributed by atoms with E-state index in [1.54, 1.807) is 0 Å². The summed E-state index contributed by atoms with van der Waals surface area (Å²) in [6.07, 6.45) is 4.63. The predicted molar refractivity (Wildman–Crippen MR) is 86.2 cm³/mol. The van der Waals surface area contributed by atoms with Gasteiger partial charge in [-0.05, 0) is 45.4 Å². The van der Waals surface area contributed by atoms with E-state index in [-0.39, 0.29) is 22.8 Å². The molecule has 0 aliphatic carbocycles. The number of hydrogen-bond acceptors (Lipinski definition) is 1. The maximum Gasteiger partial charge on any atom is 0.224 e. The van der Waals surface area contributed by atoms with Crippen molar-refractivity contribution in [1.82, 2.24) is 5.32 Å². The smallest absolute Gasteiger partial charge is 0.224 e. The highest BCUT2D eigenvalue weighted by Crippen LogP contribution is 2.37. The van der Waals surface area contributed by atoms with Gasteiger partial charge in [-0.1, -0.05) is 40.7 Å². The third kappa shape index (κ3) is 7.39. The lowest BCUT2D eigenvalue weighted by Crippen LogP contribution is -2.47. The van der Waals surface area contributed by atoms with Crippen LogP contribution in [-0.4, -0.2) is 11.4 Å². The standard InChI is InChI=1S/C15H29NO.C2H6/c1-8-11-12(15(7,9-2)10-3)13(17)16-14(4,5)6;1-2/h8,12H,1,9-11H2,2-7H3,(H,16,17);1-2H3/t12-;/m1./s1. The Kier molecular flexibility index (Phi) is 9.90. The second-order valence-corrected chi connectivity index (χ2v) is 6.18. The molecule has 0 fully saturated rings. The summed E-state index contributed by atoms with van der Waals surface area (Å²) in [6, 6.07) is 0. The summed E-state index contributed by atoms with van der Waals surface area (Å²) >= 11 is 0. The zero-order valence-electron chi connectivity index (χ0n) is 14.4. The van der Waals surface area contributed by atoms with Gasteiger partial charge in [-0.15, -0.1) is 6.58 Å².